The lowest BCUT2D eigenvalue weighted by Crippen LogP contribution is -2.10. The Labute approximate surface area is 106 Å². The van der Waals surface area contributed by atoms with Crippen LogP contribution in [0.3, 0.4) is 0 Å². The Morgan fingerprint density at radius 3 is 2.69 bits per heavy atom. The largest absolute Gasteiger partial charge is 0.492 e. The van der Waals surface area contributed by atoms with Crippen LogP contribution in [0.5, 0.6) is 5.75 Å². The van der Waals surface area contributed by atoms with E-state index < -0.39 is 5.38 Å². The van der Waals surface area contributed by atoms with Crippen LogP contribution in [0.25, 0.3) is 0 Å². The van der Waals surface area contributed by atoms with Crippen molar-refractivity contribution in [2.45, 2.75) is 25.6 Å². The summed E-state index contributed by atoms with van der Waals surface area (Å²) in [5.74, 6) is 0.466. The van der Waals surface area contributed by atoms with Crippen molar-refractivity contribution in [3.05, 3.63) is 28.8 Å². The van der Waals surface area contributed by atoms with Gasteiger partial charge in [-0.05, 0) is 31.5 Å². The van der Waals surface area contributed by atoms with E-state index in [0.717, 1.165) is 6.42 Å². The average molecular weight is 261 g/mol. The van der Waals surface area contributed by atoms with Gasteiger partial charge < -0.3 is 4.74 Å². The molecule has 0 N–H and O–H groups in total. The number of rotatable bonds is 5. The molecule has 2 nitrogen and oxygen atoms in total. The number of ether oxygens (including phenoxy) is 1. The third kappa shape index (κ3) is 3.39. The molecular formula is C12H14Cl2O2. The highest BCUT2D eigenvalue weighted by Crippen LogP contribution is 2.26. The summed E-state index contributed by atoms with van der Waals surface area (Å²) in [5.41, 5.74) is 0.511. The number of ketones is 1. The summed E-state index contributed by atoms with van der Waals surface area (Å²) in [5, 5.41) is -0.102. The summed E-state index contributed by atoms with van der Waals surface area (Å²) in [4.78, 5) is 11.6. The summed E-state index contributed by atoms with van der Waals surface area (Å²) in [7, 11) is 0. The lowest BCUT2D eigenvalue weighted by atomic mass is 10.1. The van der Waals surface area contributed by atoms with E-state index in [4.69, 9.17) is 27.9 Å². The van der Waals surface area contributed by atoms with Crippen LogP contribution in [0.15, 0.2) is 18.2 Å². The van der Waals surface area contributed by atoms with Crippen LogP contribution in [-0.2, 0) is 0 Å². The number of hydrogen-bond donors (Lipinski definition) is 0. The molecule has 0 radical (unpaired) electrons. The normalized spacial score (nSPS) is 12.2. The van der Waals surface area contributed by atoms with Gasteiger partial charge in [-0.15, -0.1) is 11.6 Å². The maximum atomic E-state index is 11.6. The third-order valence-corrected chi connectivity index (χ3v) is 2.53. The fourth-order valence-corrected chi connectivity index (χ4v) is 1.57. The molecule has 1 unspecified atom stereocenters. The first kappa shape index (κ1) is 13.3. The van der Waals surface area contributed by atoms with Gasteiger partial charge in [-0.25, -0.2) is 0 Å². The van der Waals surface area contributed by atoms with Crippen LogP contribution in [0.1, 0.15) is 30.6 Å². The molecule has 0 aromatic heterocycles. The standard InChI is InChI=1S/C12H14Cl2O2/c1-3-6-16-11-5-4-9(7-10(11)14)12(15)8(2)13/h4-5,7-8H,3,6H2,1-2H3. The van der Waals surface area contributed by atoms with Crippen LogP contribution in [0.2, 0.25) is 5.02 Å². The highest BCUT2D eigenvalue weighted by Gasteiger charge is 2.14. The van der Waals surface area contributed by atoms with Gasteiger partial charge in [-0.2, -0.15) is 0 Å². The van der Waals surface area contributed by atoms with Gasteiger partial charge in [0.1, 0.15) is 5.75 Å². The van der Waals surface area contributed by atoms with Crippen molar-refractivity contribution >= 4 is 29.0 Å². The Kier molecular flexibility index (Phi) is 5.10. The van der Waals surface area contributed by atoms with Gasteiger partial charge in [0.25, 0.3) is 0 Å². The molecule has 88 valence electrons. The van der Waals surface area contributed by atoms with Gasteiger partial charge in [-0.1, -0.05) is 18.5 Å². The van der Waals surface area contributed by atoms with Crippen molar-refractivity contribution in [1.82, 2.24) is 0 Å². The van der Waals surface area contributed by atoms with Crippen molar-refractivity contribution in [2.75, 3.05) is 6.61 Å². The van der Waals surface area contributed by atoms with Gasteiger partial charge in [0.15, 0.2) is 5.78 Å². The van der Waals surface area contributed by atoms with Gasteiger partial charge in [0, 0.05) is 5.56 Å². The van der Waals surface area contributed by atoms with E-state index in [2.05, 4.69) is 0 Å². The van der Waals surface area contributed by atoms with Gasteiger partial charge >= 0.3 is 0 Å². The molecule has 0 aliphatic rings. The molecule has 1 rings (SSSR count). The molecular weight excluding hydrogens is 247 g/mol. The van der Waals surface area contributed by atoms with Gasteiger partial charge in [-0.3, -0.25) is 4.79 Å². The summed E-state index contributed by atoms with van der Waals surface area (Å²) in [6.07, 6.45) is 0.912. The quantitative estimate of drug-likeness (QED) is 0.592. The number of hydrogen-bond acceptors (Lipinski definition) is 2. The van der Waals surface area contributed by atoms with Crippen molar-refractivity contribution in [2.24, 2.45) is 0 Å². The minimum Gasteiger partial charge on any atom is -0.492 e. The second kappa shape index (κ2) is 6.12. The van der Waals surface area contributed by atoms with E-state index >= 15 is 0 Å². The van der Waals surface area contributed by atoms with Crippen LogP contribution in [0, 0.1) is 0 Å². The molecule has 4 heteroatoms. The SMILES string of the molecule is CCCOc1ccc(C(=O)C(C)Cl)cc1Cl. The van der Waals surface area contributed by atoms with Crippen LogP contribution in [0.4, 0.5) is 0 Å². The summed E-state index contributed by atoms with van der Waals surface area (Å²) in [6, 6.07) is 4.97. The van der Waals surface area contributed by atoms with Crippen LogP contribution < -0.4 is 4.74 Å². The van der Waals surface area contributed by atoms with Crippen LogP contribution in [-0.4, -0.2) is 17.8 Å². The maximum Gasteiger partial charge on any atom is 0.180 e. The Hall–Kier alpha value is -0.730. The molecule has 0 heterocycles. The summed E-state index contributed by atoms with van der Waals surface area (Å²) >= 11 is 11.7. The van der Waals surface area contributed by atoms with Gasteiger partial charge in [0.2, 0.25) is 0 Å². The zero-order chi connectivity index (χ0) is 12.1. The zero-order valence-corrected chi connectivity index (χ0v) is 10.8. The minimum atomic E-state index is -0.543. The third-order valence-electron chi connectivity index (χ3n) is 2.04. The lowest BCUT2D eigenvalue weighted by molar-refractivity contribution is 0.0991. The highest BCUT2D eigenvalue weighted by molar-refractivity contribution is 6.35. The molecule has 0 saturated carbocycles. The summed E-state index contributed by atoms with van der Waals surface area (Å²) < 4.78 is 5.40. The summed E-state index contributed by atoms with van der Waals surface area (Å²) in [6.45, 7) is 4.26. The Balaban J connectivity index is 2.86. The van der Waals surface area contributed by atoms with Crippen LogP contribution >= 0.6 is 23.2 Å². The molecule has 0 spiro atoms. The first-order valence-corrected chi connectivity index (χ1v) is 5.98. The molecule has 0 aliphatic heterocycles. The predicted molar refractivity (Wildman–Crippen MR) is 66.9 cm³/mol. The molecule has 0 bridgehead atoms. The van der Waals surface area contributed by atoms with Crippen molar-refractivity contribution in [3.63, 3.8) is 0 Å². The fourth-order valence-electron chi connectivity index (χ4n) is 1.21. The second-order valence-corrected chi connectivity index (χ2v) is 4.54. The molecule has 1 aromatic carbocycles. The van der Waals surface area contributed by atoms with Crippen molar-refractivity contribution in [1.29, 1.82) is 0 Å². The monoisotopic (exact) mass is 260 g/mol. The molecule has 0 amide bonds. The fraction of sp³-hybridized carbons (Fsp3) is 0.417. The van der Waals surface area contributed by atoms with Crippen molar-refractivity contribution in [3.8, 4) is 5.75 Å². The molecule has 1 aromatic rings. The average Bonchev–Trinajstić information content (AvgIpc) is 2.26. The van der Waals surface area contributed by atoms with E-state index in [9.17, 15) is 4.79 Å². The molecule has 0 saturated heterocycles. The number of Topliss-reactive ketones (excluding diaryl/α,β-unsaturated/α-hetero) is 1. The number of alkyl halides is 1. The topological polar surface area (TPSA) is 26.3 Å². The van der Waals surface area contributed by atoms with E-state index in [1.165, 1.54) is 0 Å². The molecule has 1 atom stereocenters. The minimum absolute atomic E-state index is 0.134. The van der Waals surface area contributed by atoms with Crippen molar-refractivity contribution < 1.29 is 9.53 Å². The number of halogens is 2. The molecule has 0 fully saturated rings. The first-order chi connectivity index (χ1) is 7.56. The second-order valence-electron chi connectivity index (χ2n) is 3.47. The molecule has 0 aliphatic carbocycles. The van der Waals surface area contributed by atoms with E-state index in [1.54, 1.807) is 25.1 Å². The maximum absolute atomic E-state index is 11.6. The smallest absolute Gasteiger partial charge is 0.180 e. The number of benzene rings is 1. The Morgan fingerprint density at radius 2 is 2.19 bits per heavy atom. The van der Waals surface area contributed by atoms with E-state index in [0.29, 0.717) is 22.9 Å². The number of carbonyl (C=O) groups excluding carboxylic acids is 1. The lowest BCUT2D eigenvalue weighted by Gasteiger charge is -2.08. The highest BCUT2D eigenvalue weighted by atomic mass is 35.5. The number of carbonyl (C=O) groups is 1. The molecule has 16 heavy (non-hydrogen) atoms. The first-order valence-electron chi connectivity index (χ1n) is 5.17. The zero-order valence-electron chi connectivity index (χ0n) is 9.30. The van der Waals surface area contributed by atoms with E-state index in [1.807, 2.05) is 6.92 Å². The van der Waals surface area contributed by atoms with Gasteiger partial charge in [0.05, 0.1) is 17.0 Å². The Bertz CT molecular complexity index is 375. The predicted octanol–water partition coefficient (Wildman–Crippen LogP) is 3.94. The van der Waals surface area contributed by atoms with E-state index in [-0.39, 0.29) is 5.78 Å². The Morgan fingerprint density at radius 1 is 1.50 bits per heavy atom.